The average molecular weight is 301 g/mol. The Morgan fingerprint density at radius 1 is 1.47 bits per heavy atom. The SMILES string of the molecule is CCCOCCC(=O)Nc1ccc(Br)cc1N. The zero-order valence-corrected chi connectivity index (χ0v) is 11.4. The van der Waals surface area contributed by atoms with Gasteiger partial charge in [-0.2, -0.15) is 0 Å². The first-order valence-electron chi connectivity index (χ1n) is 5.56. The van der Waals surface area contributed by atoms with Crippen molar-refractivity contribution in [2.24, 2.45) is 0 Å². The first-order valence-corrected chi connectivity index (χ1v) is 6.35. The summed E-state index contributed by atoms with van der Waals surface area (Å²) in [6.07, 6.45) is 1.30. The Labute approximate surface area is 110 Å². The van der Waals surface area contributed by atoms with Crippen LogP contribution in [0.5, 0.6) is 0 Å². The molecule has 0 saturated heterocycles. The number of ether oxygens (including phenoxy) is 1. The lowest BCUT2D eigenvalue weighted by Crippen LogP contribution is -2.15. The maximum absolute atomic E-state index is 11.6. The van der Waals surface area contributed by atoms with Crippen molar-refractivity contribution in [3.05, 3.63) is 22.7 Å². The molecule has 3 N–H and O–H groups in total. The maximum atomic E-state index is 11.6. The number of carbonyl (C=O) groups excluding carboxylic acids is 1. The van der Waals surface area contributed by atoms with Crippen LogP contribution in [0.2, 0.25) is 0 Å². The predicted molar refractivity (Wildman–Crippen MR) is 72.9 cm³/mol. The van der Waals surface area contributed by atoms with E-state index in [1.54, 1.807) is 12.1 Å². The second-order valence-corrected chi connectivity index (χ2v) is 4.56. The fourth-order valence-electron chi connectivity index (χ4n) is 1.27. The molecule has 0 spiro atoms. The van der Waals surface area contributed by atoms with Crippen LogP contribution < -0.4 is 11.1 Å². The summed E-state index contributed by atoms with van der Waals surface area (Å²) in [6, 6.07) is 5.35. The predicted octanol–water partition coefficient (Wildman–Crippen LogP) is 2.79. The molecule has 0 radical (unpaired) electrons. The first-order chi connectivity index (χ1) is 8.13. The smallest absolute Gasteiger partial charge is 0.226 e. The topological polar surface area (TPSA) is 64.3 Å². The molecular weight excluding hydrogens is 284 g/mol. The molecule has 0 aliphatic rings. The first kappa shape index (κ1) is 14.0. The molecule has 1 amide bonds. The molecule has 0 fully saturated rings. The molecule has 17 heavy (non-hydrogen) atoms. The Morgan fingerprint density at radius 3 is 2.88 bits per heavy atom. The van der Waals surface area contributed by atoms with E-state index in [2.05, 4.69) is 21.2 Å². The van der Waals surface area contributed by atoms with Gasteiger partial charge in [-0.1, -0.05) is 22.9 Å². The molecule has 1 aromatic carbocycles. The molecule has 1 aromatic rings. The Balaban J connectivity index is 2.40. The molecule has 1 rings (SSSR count). The number of amides is 1. The van der Waals surface area contributed by atoms with E-state index >= 15 is 0 Å². The molecule has 0 aliphatic heterocycles. The number of carbonyl (C=O) groups is 1. The van der Waals surface area contributed by atoms with E-state index in [4.69, 9.17) is 10.5 Å². The molecule has 94 valence electrons. The van der Waals surface area contributed by atoms with Crippen molar-refractivity contribution in [3.63, 3.8) is 0 Å². The van der Waals surface area contributed by atoms with E-state index < -0.39 is 0 Å². The number of anilines is 2. The standard InChI is InChI=1S/C12H17BrN2O2/c1-2-6-17-7-5-12(16)15-11-4-3-9(13)8-10(11)14/h3-4,8H,2,5-7,14H2,1H3,(H,15,16). The molecule has 0 bridgehead atoms. The second kappa shape index (κ2) is 7.29. The average Bonchev–Trinajstić information content (AvgIpc) is 2.28. The molecule has 0 aliphatic carbocycles. The third-order valence-corrected chi connectivity index (χ3v) is 2.60. The lowest BCUT2D eigenvalue weighted by Gasteiger charge is -2.08. The van der Waals surface area contributed by atoms with Crippen LogP contribution in [0.4, 0.5) is 11.4 Å². The van der Waals surface area contributed by atoms with Gasteiger partial charge in [0.15, 0.2) is 0 Å². The number of nitrogens with two attached hydrogens (primary N) is 1. The highest BCUT2D eigenvalue weighted by Crippen LogP contribution is 2.22. The highest BCUT2D eigenvalue weighted by Gasteiger charge is 2.05. The Kier molecular flexibility index (Phi) is 6.00. The van der Waals surface area contributed by atoms with Crippen molar-refractivity contribution >= 4 is 33.2 Å². The number of hydrogen-bond donors (Lipinski definition) is 2. The fraction of sp³-hybridized carbons (Fsp3) is 0.417. The minimum absolute atomic E-state index is 0.0878. The number of hydrogen-bond acceptors (Lipinski definition) is 3. The van der Waals surface area contributed by atoms with E-state index in [1.165, 1.54) is 0 Å². The zero-order chi connectivity index (χ0) is 12.7. The van der Waals surface area contributed by atoms with Crippen LogP contribution in [0.1, 0.15) is 19.8 Å². The van der Waals surface area contributed by atoms with E-state index in [9.17, 15) is 4.79 Å². The quantitative estimate of drug-likeness (QED) is 0.627. The van der Waals surface area contributed by atoms with Crippen LogP contribution in [0.15, 0.2) is 22.7 Å². The van der Waals surface area contributed by atoms with Gasteiger partial charge in [0.25, 0.3) is 0 Å². The zero-order valence-electron chi connectivity index (χ0n) is 9.83. The van der Waals surface area contributed by atoms with E-state index in [0.29, 0.717) is 31.0 Å². The van der Waals surface area contributed by atoms with E-state index in [0.717, 1.165) is 10.9 Å². The van der Waals surface area contributed by atoms with Gasteiger partial charge in [0.1, 0.15) is 0 Å². The normalized spacial score (nSPS) is 10.2. The van der Waals surface area contributed by atoms with Crippen molar-refractivity contribution in [1.82, 2.24) is 0 Å². The van der Waals surface area contributed by atoms with Crippen LogP contribution in [0.3, 0.4) is 0 Å². The van der Waals surface area contributed by atoms with E-state index in [-0.39, 0.29) is 5.91 Å². The molecule has 0 unspecified atom stereocenters. The van der Waals surface area contributed by atoms with Crippen LogP contribution in [0, 0.1) is 0 Å². The lowest BCUT2D eigenvalue weighted by atomic mass is 10.2. The fourth-order valence-corrected chi connectivity index (χ4v) is 1.65. The van der Waals surface area contributed by atoms with Gasteiger partial charge in [-0.05, 0) is 24.6 Å². The number of rotatable bonds is 6. The van der Waals surface area contributed by atoms with Crippen LogP contribution in [-0.2, 0) is 9.53 Å². The van der Waals surface area contributed by atoms with Gasteiger partial charge in [-0.25, -0.2) is 0 Å². The van der Waals surface area contributed by atoms with Crippen molar-refractivity contribution < 1.29 is 9.53 Å². The summed E-state index contributed by atoms with van der Waals surface area (Å²) in [7, 11) is 0. The number of nitrogens with one attached hydrogen (secondary N) is 1. The van der Waals surface area contributed by atoms with Gasteiger partial charge in [0.2, 0.25) is 5.91 Å². The van der Waals surface area contributed by atoms with Crippen LogP contribution in [0.25, 0.3) is 0 Å². The summed E-state index contributed by atoms with van der Waals surface area (Å²) in [5.74, 6) is -0.0878. The number of benzene rings is 1. The maximum Gasteiger partial charge on any atom is 0.226 e. The Morgan fingerprint density at radius 2 is 2.24 bits per heavy atom. The van der Waals surface area contributed by atoms with Crippen molar-refractivity contribution in [1.29, 1.82) is 0 Å². The third kappa shape index (κ3) is 5.19. The molecule has 4 nitrogen and oxygen atoms in total. The second-order valence-electron chi connectivity index (χ2n) is 3.64. The molecule has 0 aromatic heterocycles. The Hall–Kier alpha value is -1.07. The van der Waals surface area contributed by atoms with Crippen LogP contribution >= 0.6 is 15.9 Å². The van der Waals surface area contributed by atoms with Crippen LogP contribution in [-0.4, -0.2) is 19.1 Å². The van der Waals surface area contributed by atoms with Gasteiger partial charge in [-0.3, -0.25) is 4.79 Å². The monoisotopic (exact) mass is 300 g/mol. The Bertz CT molecular complexity index is 383. The van der Waals surface area contributed by atoms with Gasteiger partial charge >= 0.3 is 0 Å². The minimum Gasteiger partial charge on any atom is -0.397 e. The molecule has 0 saturated carbocycles. The molecule has 0 atom stereocenters. The van der Waals surface area contributed by atoms with Gasteiger partial charge < -0.3 is 15.8 Å². The number of halogens is 1. The van der Waals surface area contributed by atoms with Gasteiger partial charge in [-0.15, -0.1) is 0 Å². The van der Waals surface area contributed by atoms with Crippen molar-refractivity contribution in [2.75, 3.05) is 24.3 Å². The summed E-state index contributed by atoms with van der Waals surface area (Å²) >= 11 is 3.31. The van der Waals surface area contributed by atoms with E-state index in [1.807, 2.05) is 13.0 Å². The summed E-state index contributed by atoms with van der Waals surface area (Å²) in [6.45, 7) is 3.16. The molecule has 0 heterocycles. The number of nitrogen functional groups attached to an aromatic ring is 1. The largest absolute Gasteiger partial charge is 0.397 e. The molecular formula is C12H17BrN2O2. The van der Waals surface area contributed by atoms with Crippen molar-refractivity contribution in [3.8, 4) is 0 Å². The summed E-state index contributed by atoms with van der Waals surface area (Å²) in [4.78, 5) is 11.6. The highest BCUT2D eigenvalue weighted by atomic mass is 79.9. The summed E-state index contributed by atoms with van der Waals surface area (Å²) in [5, 5.41) is 2.75. The molecule has 5 heteroatoms. The summed E-state index contributed by atoms with van der Waals surface area (Å²) < 4.78 is 6.13. The van der Waals surface area contributed by atoms with Crippen molar-refractivity contribution in [2.45, 2.75) is 19.8 Å². The highest BCUT2D eigenvalue weighted by molar-refractivity contribution is 9.10. The summed E-state index contributed by atoms with van der Waals surface area (Å²) in [5.41, 5.74) is 6.95. The van der Waals surface area contributed by atoms with Gasteiger partial charge in [0.05, 0.1) is 24.4 Å². The minimum atomic E-state index is -0.0878. The lowest BCUT2D eigenvalue weighted by molar-refractivity contribution is -0.117. The van der Waals surface area contributed by atoms with Gasteiger partial charge in [0, 0.05) is 11.1 Å². The third-order valence-electron chi connectivity index (χ3n) is 2.11.